The number of carbonyl (C=O) groups excluding carboxylic acids is 2. The molecule has 6 rings (SSSR count). The van der Waals surface area contributed by atoms with E-state index in [-0.39, 0.29) is 19.1 Å². The molecule has 0 saturated heterocycles. The van der Waals surface area contributed by atoms with E-state index in [9.17, 15) is 54.8 Å². The quantitative estimate of drug-likeness (QED) is 0.0876. The Bertz CT molecular complexity index is 1880. The molecule has 18 heteroatoms. The highest BCUT2D eigenvalue weighted by molar-refractivity contribution is 6.68. The van der Waals surface area contributed by atoms with Crippen molar-refractivity contribution in [1.29, 1.82) is 0 Å². The fraction of sp³-hybridized carbons (Fsp3) is 0.161. The van der Waals surface area contributed by atoms with Crippen molar-refractivity contribution in [2.75, 3.05) is 5.73 Å². The molecule has 0 unspecified atom stereocenters. The Balaban J connectivity index is 0.000000183. The van der Waals surface area contributed by atoms with Crippen LogP contribution >= 0.6 is 11.6 Å². The molecule has 4 aromatic carbocycles. The number of Topliss-reactive ketones (excluding diaryl/α,β-unsaturated/α-hetero) is 1. The maximum absolute atomic E-state index is 13.1. The summed E-state index contributed by atoms with van der Waals surface area (Å²) in [6, 6.07) is 13.9. The van der Waals surface area contributed by atoms with E-state index in [1.54, 1.807) is 24.3 Å². The van der Waals surface area contributed by atoms with E-state index in [2.05, 4.69) is 0 Å². The van der Waals surface area contributed by atoms with Gasteiger partial charge in [-0.1, -0.05) is 24.3 Å². The topological polar surface area (TPSA) is 119 Å². The van der Waals surface area contributed by atoms with Gasteiger partial charge in [-0.15, -0.1) is 0 Å². The van der Waals surface area contributed by atoms with Gasteiger partial charge in [0, 0.05) is 23.2 Å². The van der Waals surface area contributed by atoms with E-state index in [0.717, 1.165) is 34.8 Å². The molecule has 2 heterocycles. The van der Waals surface area contributed by atoms with Gasteiger partial charge in [-0.05, 0) is 87.7 Å². The van der Waals surface area contributed by atoms with Gasteiger partial charge in [0.2, 0.25) is 0 Å². The van der Waals surface area contributed by atoms with Crippen molar-refractivity contribution in [1.82, 2.24) is 0 Å². The highest BCUT2D eigenvalue weighted by Gasteiger charge is 2.37. The largest absolute Gasteiger partial charge is 0.491 e. The molecule has 2 aliphatic rings. The Kier molecular flexibility index (Phi) is 11.6. The van der Waals surface area contributed by atoms with Crippen LogP contribution in [0.5, 0.6) is 0 Å². The molecule has 0 atom stereocenters. The van der Waals surface area contributed by atoms with Gasteiger partial charge in [0.05, 0.1) is 24.3 Å². The Labute approximate surface area is 278 Å². The predicted octanol–water partition coefficient (Wildman–Crippen LogP) is 5.20. The molecule has 4 aromatic rings. The van der Waals surface area contributed by atoms with E-state index >= 15 is 0 Å². The minimum Gasteiger partial charge on any atom is -0.423 e. The smallest absolute Gasteiger partial charge is 0.423 e. The molecular weight excluding hydrogens is 691 g/mol. The summed E-state index contributed by atoms with van der Waals surface area (Å²) in [4.78, 5) is 22.8. The molecule has 0 radical (unpaired) electrons. The van der Waals surface area contributed by atoms with Crippen molar-refractivity contribution in [2.45, 2.75) is 32.0 Å². The summed E-state index contributed by atoms with van der Waals surface area (Å²) in [6.45, 7) is 0.720. The second-order valence-corrected chi connectivity index (χ2v) is 10.9. The lowest BCUT2D eigenvalue weighted by molar-refractivity contribution is -0.138. The van der Waals surface area contributed by atoms with Crippen LogP contribution in [0.1, 0.15) is 48.5 Å². The molecule has 2 aliphatic heterocycles. The fourth-order valence-electron chi connectivity index (χ4n) is 4.80. The van der Waals surface area contributed by atoms with Gasteiger partial charge in [-0.3, -0.25) is 9.59 Å². The van der Waals surface area contributed by atoms with Gasteiger partial charge in [0.25, 0.3) is 5.24 Å². The van der Waals surface area contributed by atoms with E-state index < -0.39 is 71.5 Å². The second-order valence-electron chi connectivity index (χ2n) is 10.6. The summed E-state index contributed by atoms with van der Waals surface area (Å²) in [5.74, 6) is -2.91. The Morgan fingerprint density at radius 2 is 1.18 bits per heavy atom. The van der Waals surface area contributed by atoms with Crippen LogP contribution in [0, 0.1) is 11.6 Å². The standard InChI is InChI=1S/C16H11BF4O3.C8H3ClF4O.C7H8BNO2/c18-11-3-4-12(13(7-11)16(19,20)21)15(22)6-9-1-2-10-8-24-17(23)14(10)5-9;9-7(14)5-2-1-4(10)3-6(5)8(11,12)13;9-6-2-1-5-4-11-8(10)7(5)3-6/h1-5,7,23H,6,8H2;1-3H;1-3,10H,4,9H2. The lowest BCUT2D eigenvalue weighted by Gasteiger charge is -2.12. The number of rotatable bonds is 4. The van der Waals surface area contributed by atoms with Crippen molar-refractivity contribution in [2.24, 2.45) is 0 Å². The van der Waals surface area contributed by atoms with Crippen LogP contribution in [-0.2, 0) is 41.3 Å². The van der Waals surface area contributed by atoms with Gasteiger partial charge in [0.15, 0.2) is 5.78 Å². The minimum atomic E-state index is -4.82. The van der Waals surface area contributed by atoms with Crippen LogP contribution in [0.15, 0.2) is 72.8 Å². The van der Waals surface area contributed by atoms with E-state index in [0.29, 0.717) is 35.5 Å². The molecule has 0 spiro atoms. The van der Waals surface area contributed by atoms with Crippen LogP contribution in [0.2, 0.25) is 0 Å². The van der Waals surface area contributed by atoms with E-state index in [1.807, 2.05) is 6.07 Å². The van der Waals surface area contributed by atoms with Crippen LogP contribution in [0.25, 0.3) is 0 Å². The lowest BCUT2D eigenvalue weighted by atomic mass is 9.78. The summed E-state index contributed by atoms with van der Waals surface area (Å²) in [5.41, 5.74) is 5.72. The molecule has 0 aliphatic carbocycles. The van der Waals surface area contributed by atoms with E-state index in [4.69, 9.17) is 26.6 Å². The first-order chi connectivity index (χ1) is 22.8. The summed E-state index contributed by atoms with van der Waals surface area (Å²) >= 11 is 4.91. The van der Waals surface area contributed by atoms with Gasteiger partial charge in [-0.25, -0.2) is 8.78 Å². The lowest BCUT2D eigenvalue weighted by Crippen LogP contribution is -2.28. The zero-order valence-electron chi connectivity index (χ0n) is 24.7. The number of nitrogen functional groups attached to an aromatic ring is 1. The highest BCUT2D eigenvalue weighted by atomic mass is 35.5. The van der Waals surface area contributed by atoms with Crippen LogP contribution in [0.3, 0.4) is 0 Å². The molecule has 7 nitrogen and oxygen atoms in total. The average Bonchev–Trinajstić information content (AvgIpc) is 3.58. The molecule has 0 amide bonds. The van der Waals surface area contributed by atoms with Crippen molar-refractivity contribution < 1.29 is 64.1 Å². The average molecular weight is 714 g/mol. The number of benzene rings is 4. The summed E-state index contributed by atoms with van der Waals surface area (Å²) in [7, 11) is -1.89. The van der Waals surface area contributed by atoms with E-state index in [1.165, 1.54) is 6.07 Å². The maximum Gasteiger partial charge on any atom is 0.491 e. The number of carbonyl (C=O) groups is 2. The van der Waals surface area contributed by atoms with Gasteiger partial charge < -0.3 is 25.1 Å². The predicted molar refractivity (Wildman–Crippen MR) is 163 cm³/mol. The number of fused-ring (bicyclic) bond motifs is 2. The molecule has 256 valence electrons. The zero-order chi connectivity index (χ0) is 36.3. The second kappa shape index (κ2) is 15.1. The monoisotopic (exact) mass is 713 g/mol. The summed E-state index contributed by atoms with van der Waals surface area (Å²) in [5, 5.41) is 17.6. The normalized spacial score (nSPS) is 13.5. The van der Waals surface area contributed by atoms with Crippen LogP contribution in [-0.4, -0.2) is 35.3 Å². The molecular formula is C31H22B2ClF8NO6. The van der Waals surface area contributed by atoms with Crippen molar-refractivity contribution in [3.63, 3.8) is 0 Å². The summed E-state index contributed by atoms with van der Waals surface area (Å²) < 4.78 is 111. The van der Waals surface area contributed by atoms with Gasteiger partial charge in [-0.2, -0.15) is 26.3 Å². The number of hydrogen-bond acceptors (Lipinski definition) is 7. The molecule has 0 aromatic heterocycles. The third kappa shape index (κ3) is 9.45. The molecule has 0 fully saturated rings. The molecule has 0 bridgehead atoms. The Hall–Kier alpha value is -4.28. The number of hydrogen-bond donors (Lipinski definition) is 3. The number of nitrogens with two attached hydrogens (primary N) is 1. The van der Waals surface area contributed by atoms with Crippen LogP contribution in [0.4, 0.5) is 40.8 Å². The Morgan fingerprint density at radius 3 is 1.69 bits per heavy atom. The molecule has 49 heavy (non-hydrogen) atoms. The molecule has 0 saturated carbocycles. The SMILES string of the molecule is Nc1ccc2c(c1)B(O)OC2.O=C(Cc1ccc2c(c1)B(O)OC2)c1ccc(F)cc1C(F)(F)F.O=C(Cl)c1ccc(F)cc1C(F)(F)F. The van der Waals surface area contributed by atoms with Gasteiger partial charge in [0.1, 0.15) is 11.6 Å². The fourth-order valence-corrected chi connectivity index (χ4v) is 4.97. The Morgan fingerprint density at radius 1 is 0.714 bits per heavy atom. The third-order valence-corrected chi connectivity index (χ3v) is 7.36. The van der Waals surface area contributed by atoms with Gasteiger partial charge >= 0.3 is 26.6 Å². The van der Waals surface area contributed by atoms with Crippen molar-refractivity contribution in [3.05, 3.63) is 123 Å². The molecule has 4 N–H and O–H groups in total. The highest BCUT2D eigenvalue weighted by Crippen LogP contribution is 2.34. The number of halogens is 9. The number of alkyl halides is 6. The zero-order valence-corrected chi connectivity index (χ0v) is 25.5. The maximum atomic E-state index is 13.1. The van der Waals surface area contributed by atoms with Crippen LogP contribution < -0.4 is 16.7 Å². The van der Waals surface area contributed by atoms with Crippen molar-refractivity contribution >= 4 is 53.5 Å². The number of ketones is 1. The first-order valence-corrected chi connectivity index (χ1v) is 14.3. The number of anilines is 1. The minimum absolute atomic E-state index is 0.232. The third-order valence-electron chi connectivity index (χ3n) is 7.16. The first-order valence-electron chi connectivity index (χ1n) is 13.9. The van der Waals surface area contributed by atoms with Crippen molar-refractivity contribution in [3.8, 4) is 0 Å². The summed E-state index contributed by atoms with van der Waals surface area (Å²) in [6.07, 6.45) is -9.91. The first kappa shape index (κ1) is 37.5.